The fourth-order valence-electron chi connectivity index (χ4n) is 2.91. The summed E-state index contributed by atoms with van der Waals surface area (Å²) in [6.45, 7) is 6.65. The number of hydrogen-bond acceptors (Lipinski definition) is 5. The van der Waals surface area contributed by atoms with Gasteiger partial charge >= 0.3 is 0 Å². The molecule has 0 saturated carbocycles. The number of nitrogens with one attached hydrogen (secondary N) is 1. The number of aromatic nitrogens is 2. The van der Waals surface area contributed by atoms with E-state index in [4.69, 9.17) is 17.3 Å². The number of primary amides is 1. The van der Waals surface area contributed by atoms with Gasteiger partial charge in [0, 0.05) is 30.3 Å². The molecule has 1 saturated heterocycles. The predicted molar refractivity (Wildman–Crippen MR) is 104 cm³/mol. The van der Waals surface area contributed by atoms with E-state index in [9.17, 15) is 9.59 Å². The van der Waals surface area contributed by atoms with Crippen molar-refractivity contribution >= 4 is 34.9 Å². The molecule has 8 heteroatoms. The van der Waals surface area contributed by atoms with E-state index in [0.29, 0.717) is 40.9 Å². The molecule has 140 valence electrons. The maximum absolute atomic E-state index is 12.7. The van der Waals surface area contributed by atoms with Crippen molar-refractivity contribution in [1.82, 2.24) is 14.9 Å². The summed E-state index contributed by atoms with van der Waals surface area (Å²) in [6, 6.07) is 6.78. The molecule has 1 atom stereocenters. The molecule has 0 unspecified atom stereocenters. The van der Waals surface area contributed by atoms with Crippen molar-refractivity contribution in [2.45, 2.75) is 19.4 Å². The van der Waals surface area contributed by atoms with E-state index in [1.54, 1.807) is 35.4 Å². The first-order valence-corrected chi connectivity index (χ1v) is 8.87. The van der Waals surface area contributed by atoms with E-state index in [1.807, 2.05) is 6.92 Å². The van der Waals surface area contributed by atoms with Crippen LogP contribution in [0.15, 0.2) is 37.0 Å². The molecule has 2 amide bonds. The number of nitrogens with two attached hydrogens (primary N) is 1. The van der Waals surface area contributed by atoms with Crippen LogP contribution in [0.2, 0.25) is 5.02 Å². The lowest BCUT2D eigenvalue weighted by Gasteiger charge is -2.17. The van der Waals surface area contributed by atoms with Crippen LogP contribution < -0.4 is 11.1 Å². The number of aryl methyl sites for hydroxylation is 1. The van der Waals surface area contributed by atoms with E-state index in [0.717, 1.165) is 6.42 Å². The van der Waals surface area contributed by atoms with Gasteiger partial charge in [0.1, 0.15) is 0 Å². The summed E-state index contributed by atoms with van der Waals surface area (Å²) in [5, 5.41) is 3.76. The fraction of sp³-hybridized carbons (Fsp3) is 0.263. The van der Waals surface area contributed by atoms with Crippen molar-refractivity contribution < 1.29 is 9.59 Å². The molecule has 27 heavy (non-hydrogen) atoms. The Balaban J connectivity index is 1.62. The first-order chi connectivity index (χ1) is 12.8. The van der Waals surface area contributed by atoms with Crippen molar-refractivity contribution in [3.63, 3.8) is 0 Å². The quantitative estimate of drug-likeness (QED) is 0.769. The Morgan fingerprint density at radius 3 is 2.59 bits per heavy atom. The Morgan fingerprint density at radius 2 is 1.96 bits per heavy atom. The Kier molecular flexibility index (Phi) is 5.41. The first kappa shape index (κ1) is 18.8. The lowest BCUT2D eigenvalue weighted by Crippen LogP contribution is -2.31. The zero-order valence-electron chi connectivity index (χ0n) is 14.9. The van der Waals surface area contributed by atoms with Gasteiger partial charge in [0.15, 0.2) is 0 Å². The Labute approximate surface area is 162 Å². The van der Waals surface area contributed by atoms with Crippen LogP contribution in [-0.2, 0) is 4.79 Å². The molecule has 0 aliphatic carbocycles. The Morgan fingerprint density at radius 1 is 1.30 bits per heavy atom. The van der Waals surface area contributed by atoms with Gasteiger partial charge in [0.25, 0.3) is 5.91 Å². The number of benzene rings is 1. The highest BCUT2D eigenvalue weighted by molar-refractivity contribution is 6.31. The number of amides is 2. The van der Waals surface area contributed by atoms with Crippen molar-refractivity contribution in [3.8, 4) is 0 Å². The molecular formula is C19H20ClN5O2. The maximum Gasteiger partial charge on any atom is 0.253 e. The van der Waals surface area contributed by atoms with Gasteiger partial charge in [0.2, 0.25) is 11.9 Å². The van der Waals surface area contributed by atoms with Gasteiger partial charge in [-0.1, -0.05) is 30.3 Å². The normalized spacial score (nSPS) is 16.2. The fourth-order valence-corrected chi connectivity index (χ4v) is 3.00. The molecule has 2 aromatic rings. The summed E-state index contributed by atoms with van der Waals surface area (Å²) in [7, 11) is 0. The van der Waals surface area contributed by atoms with Crippen molar-refractivity contribution in [2.24, 2.45) is 5.73 Å². The van der Waals surface area contributed by atoms with Gasteiger partial charge in [-0.25, -0.2) is 9.97 Å². The van der Waals surface area contributed by atoms with Crippen LogP contribution in [-0.4, -0.2) is 45.8 Å². The third-order valence-electron chi connectivity index (χ3n) is 4.51. The van der Waals surface area contributed by atoms with Gasteiger partial charge in [-0.3, -0.25) is 9.59 Å². The molecule has 7 nitrogen and oxygen atoms in total. The number of halogens is 1. The summed E-state index contributed by atoms with van der Waals surface area (Å²) in [5.41, 5.74) is 7.31. The average Bonchev–Trinajstić information content (AvgIpc) is 3.12. The van der Waals surface area contributed by atoms with Crippen molar-refractivity contribution in [3.05, 3.63) is 58.9 Å². The van der Waals surface area contributed by atoms with Crippen molar-refractivity contribution in [2.75, 3.05) is 18.4 Å². The lowest BCUT2D eigenvalue weighted by atomic mass is 10.0. The number of likely N-dealkylation sites (tertiary alicyclic amines) is 1. The number of rotatable bonds is 5. The number of carbonyl (C=O) groups is 2. The van der Waals surface area contributed by atoms with Crippen LogP contribution in [0.3, 0.4) is 0 Å². The monoisotopic (exact) mass is 385 g/mol. The third kappa shape index (κ3) is 4.25. The highest BCUT2D eigenvalue weighted by Gasteiger charge is 2.27. The molecule has 3 N–H and O–H groups in total. The average molecular weight is 386 g/mol. The van der Waals surface area contributed by atoms with Gasteiger partial charge in [-0.2, -0.15) is 0 Å². The van der Waals surface area contributed by atoms with Gasteiger partial charge in [0.05, 0.1) is 16.9 Å². The molecule has 1 fully saturated rings. The van der Waals surface area contributed by atoms with Crippen molar-refractivity contribution in [1.29, 1.82) is 0 Å². The molecule has 0 spiro atoms. The Hall–Kier alpha value is -2.93. The predicted octanol–water partition coefficient (Wildman–Crippen LogP) is 2.26. The molecule has 0 radical (unpaired) electrons. The second-order valence-electron chi connectivity index (χ2n) is 6.43. The van der Waals surface area contributed by atoms with Crippen LogP contribution in [0.25, 0.3) is 5.57 Å². The summed E-state index contributed by atoms with van der Waals surface area (Å²) in [6.07, 6.45) is 2.36. The standard InChI is InChI=1S/C19H20ClN5O2/c1-11(17(21)26)13-3-5-14(6-4-13)18(27)25-8-7-15(10-25)24-19-22-9-16(20)12(2)23-19/h3-6,9,15H,1,7-8,10H2,2H3,(H2,21,26)(H,22,23,24)/t15-/m1/s1. The van der Waals surface area contributed by atoms with Crippen LogP contribution >= 0.6 is 11.6 Å². The molecule has 1 aromatic heterocycles. The Bertz CT molecular complexity index is 897. The molecule has 1 aromatic carbocycles. The number of carbonyl (C=O) groups excluding carboxylic acids is 2. The van der Waals surface area contributed by atoms with Crippen LogP contribution in [0.4, 0.5) is 5.95 Å². The maximum atomic E-state index is 12.7. The van der Waals surface area contributed by atoms with Gasteiger partial charge in [-0.15, -0.1) is 0 Å². The minimum atomic E-state index is -0.581. The zero-order valence-corrected chi connectivity index (χ0v) is 15.7. The van der Waals surface area contributed by atoms with Crippen LogP contribution in [0.1, 0.15) is 28.0 Å². The minimum Gasteiger partial charge on any atom is -0.366 e. The number of hydrogen-bond donors (Lipinski definition) is 2. The van der Waals surface area contributed by atoms with E-state index in [-0.39, 0.29) is 17.5 Å². The molecular weight excluding hydrogens is 366 g/mol. The number of nitrogens with zero attached hydrogens (tertiary/aromatic N) is 3. The number of anilines is 1. The van der Waals surface area contributed by atoms with E-state index in [1.165, 1.54) is 0 Å². The summed E-state index contributed by atoms with van der Waals surface area (Å²) in [5.74, 6) is -0.142. The topological polar surface area (TPSA) is 101 Å². The van der Waals surface area contributed by atoms with Crippen LogP contribution in [0.5, 0.6) is 0 Å². The summed E-state index contributed by atoms with van der Waals surface area (Å²) < 4.78 is 0. The molecule has 3 rings (SSSR count). The van der Waals surface area contributed by atoms with E-state index >= 15 is 0 Å². The van der Waals surface area contributed by atoms with Gasteiger partial charge < -0.3 is 16.0 Å². The van der Waals surface area contributed by atoms with Gasteiger partial charge in [-0.05, 0) is 31.0 Å². The molecule has 2 heterocycles. The second kappa shape index (κ2) is 7.75. The summed E-state index contributed by atoms with van der Waals surface area (Å²) >= 11 is 5.94. The summed E-state index contributed by atoms with van der Waals surface area (Å²) in [4.78, 5) is 34.1. The molecule has 1 aliphatic heterocycles. The van der Waals surface area contributed by atoms with E-state index in [2.05, 4.69) is 21.9 Å². The highest BCUT2D eigenvalue weighted by Crippen LogP contribution is 2.19. The zero-order chi connectivity index (χ0) is 19.6. The molecule has 1 aliphatic rings. The largest absolute Gasteiger partial charge is 0.366 e. The smallest absolute Gasteiger partial charge is 0.253 e. The lowest BCUT2D eigenvalue weighted by molar-refractivity contribution is -0.112. The SMILES string of the molecule is C=C(C(N)=O)c1ccc(C(=O)N2CC[C@@H](Nc3ncc(Cl)c(C)n3)C2)cc1. The highest BCUT2D eigenvalue weighted by atomic mass is 35.5. The molecule has 0 bridgehead atoms. The second-order valence-corrected chi connectivity index (χ2v) is 6.84. The first-order valence-electron chi connectivity index (χ1n) is 8.49. The van der Waals surface area contributed by atoms with E-state index < -0.39 is 5.91 Å². The third-order valence-corrected chi connectivity index (χ3v) is 4.88. The van der Waals surface area contributed by atoms with Crippen LogP contribution in [0, 0.1) is 6.92 Å². The minimum absolute atomic E-state index is 0.0660.